The number of aryl methyl sites for hydroxylation is 2. The molecule has 3 rings (SSSR count). The van der Waals surface area contributed by atoms with Crippen LogP contribution in [-0.2, 0) is 6.42 Å². The van der Waals surface area contributed by atoms with E-state index in [1.165, 1.54) is 16.7 Å². The zero-order chi connectivity index (χ0) is 13.4. The van der Waals surface area contributed by atoms with E-state index in [2.05, 4.69) is 71.2 Å². The number of aromatic nitrogens is 2. The van der Waals surface area contributed by atoms with Gasteiger partial charge in [0, 0.05) is 10.9 Å². The second kappa shape index (κ2) is 4.82. The first-order valence-corrected chi connectivity index (χ1v) is 7.11. The predicted octanol–water partition coefficient (Wildman–Crippen LogP) is 4.53. The molecule has 96 valence electrons. The van der Waals surface area contributed by atoms with Crippen LogP contribution in [-0.4, -0.2) is 9.97 Å². The maximum absolute atomic E-state index is 4.70. The Bertz CT molecular complexity index is 726. The molecule has 0 bridgehead atoms. The van der Waals surface area contributed by atoms with Crippen LogP contribution in [0.25, 0.3) is 11.0 Å². The first-order chi connectivity index (χ1) is 9.11. The van der Waals surface area contributed by atoms with Crippen molar-refractivity contribution in [1.29, 1.82) is 0 Å². The summed E-state index contributed by atoms with van der Waals surface area (Å²) in [6.07, 6.45) is 0.834. The molecule has 0 unspecified atom stereocenters. The first kappa shape index (κ1) is 12.4. The van der Waals surface area contributed by atoms with Crippen LogP contribution < -0.4 is 0 Å². The highest BCUT2D eigenvalue weighted by Crippen LogP contribution is 2.20. The van der Waals surface area contributed by atoms with Gasteiger partial charge < -0.3 is 4.98 Å². The van der Waals surface area contributed by atoms with Crippen molar-refractivity contribution in [1.82, 2.24) is 9.97 Å². The Hall–Kier alpha value is -1.61. The second-order valence-corrected chi connectivity index (χ2v) is 5.88. The minimum atomic E-state index is 0.834. The zero-order valence-electron chi connectivity index (χ0n) is 11.0. The van der Waals surface area contributed by atoms with Crippen LogP contribution in [0.2, 0.25) is 0 Å². The van der Waals surface area contributed by atoms with Gasteiger partial charge in [-0.1, -0.05) is 34.1 Å². The molecule has 0 saturated heterocycles. The number of halogens is 1. The average Bonchev–Trinajstić information content (AvgIpc) is 2.75. The molecule has 0 atom stereocenters. The quantitative estimate of drug-likeness (QED) is 0.739. The minimum absolute atomic E-state index is 0.834. The average molecular weight is 315 g/mol. The van der Waals surface area contributed by atoms with Crippen molar-refractivity contribution in [3.05, 3.63) is 63.4 Å². The van der Waals surface area contributed by atoms with Gasteiger partial charge in [0.2, 0.25) is 0 Å². The summed E-state index contributed by atoms with van der Waals surface area (Å²) in [5.41, 5.74) is 5.97. The summed E-state index contributed by atoms with van der Waals surface area (Å²) < 4.78 is 1.10. The maximum atomic E-state index is 4.70. The standard InChI is InChI=1S/C16H15BrN2/c1-10-7-11(2)16-14(8-10)18-15(19-16)9-12-3-5-13(17)6-4-12/h3-8H,9H2,1-2H3,(H,18,19). The third-order valence-electron chi connectivity index (χ3n) is 3.26. The molecule has 2 nitrogen and oxygen atoms in total. The number of hydrogen-bond acceptors (Lipinski definition) is 1. The van der Waals surface area contributed by atoms with E-state index < -0.39 is 0 Å². The lowest BCUT2D eigenvalue weighted by atomic mass is 10.1. The van der Waals surface area contributed by atoms with Crippen molar-refractivity contribution in [2.24, 2.45) is 0 Å². The van der Waals surface area contributed by atoms with Crippen LogP contribution in [0.1, 0.15) is 22.5 Å². The normalized spacial score (nSPS) is 11.1. The van der Waals surface area contributed by atoms with Gasteiger partial charge >= 0.3 is 0 Å². The fraction of sp³-hybridized carbons (Fsp3) is 0.188. The summed E-state index contributed by atoms with van der Waals surface area (Å²) in [5.74, 6) is 1.02. The molecule has 0 radical (unpaired) electrons. The van der Waals surface area contributed by atoms with Gasteiger partial charge in [-0.25, -0.2) is 4.98 Å². The molecule has 3 aromatic rings. The van der Waals surface area contributed by atoms with Gasteiger partial charge in [-0.05, 0) is 48.7 Å². The van der Waals surface area contributed by atoms with Gasteiger partial charge in [0.1, 0.15) is 5.82 Å². The Morgan fingerprint density at radius 3 is 2.58 bits per heavy atom. The van der Waals surface area contributed by atoms with E-state index in [0.717, 1.165) is 27.8 Å². The molecule has 0 amide bonds. The van der Waals surface area contributed by atoms with Gasteiger partial charge in [-0.3, -0.25) is 0 Å². The Labute approximate surface area is 121 Å². The monoisotopic (exact) mass is 314 g/mol. The molecule has 0 aliphatic rings. The van der Waals surface area contributed by atoms with Crippen molar-refractivity contribution in [3.8, 4) is 0 Å². The smallest absolute Gasteiger partial charge is 0.111 e. The van der Waals surface area contributed by atoms with E-state index in [1.54, 1.807) is 0 Å². The number of H-pyrrole nitrogens is 1. The highest BCUT2D eigenvalue weighted by molar-refractivity contribution is 9.10. The van der Waals surface area contributed by atoms with Crippen LogP contribution in [0, 0.1) is 13.8 Å². The molecule has 0 aliphatic heterocycles. The molecule has 0 aliphatic carbocycles. The molecule has 0 fully saturated rings. The van der Waals surface area contributed by atoms with Gasteiger partial charge in [-0.2, -0.15) is 0 Å². The number of nitrogens with one attached hydrogen (secondary N) is 1. The Balaban J connectivity index is 1.97. The molecule has 1 heterocycles. The lowest BCUT2D eigenvalue weighted by molar-refractivity contribution is 1.04. The highest BCUT2D eigenvalue weighted by Gasteiger charge is 2.06. The van der Waals surface area contributed by atoms with E-state index in [1.807, 2.05) is 0 Å². The number of rotatable bonds is 2. The summed E-state index contributed by atoms with van der Waals surface area (Å²) in [6.45, 7) is 4.22. The lowest BCUT2D eigenvalue weighted by Gasteiger charge is -1.98. The molecular formula is C16H15BrN2. The zero-order valence-corrected chi connectivity index (χ0v) is 12.6. The molecule has 0 spiro atoms. The van der Waals surface area contributed by atoms with Gasteiger partial charge in [0.15, 0.2) is 0 Å². The van der Waals surface area contributed by atoms with E-state index in [-0.39, 0.29) is 0 Å². The van der Waals surface area contributed by atoms with Crippen molar-refractivity contribution >= 4 is 27.0 Å². The largest absolute Gasteiger partial charge is 0.342 e. The van der Waals surface area contributed by atoms with E-state index in [4.69, 9.17) is 4.98 Å². The van der Waals surface area contributed by atoms with E-state index in [9.17, 15) is 0 Å². The number of benzene rings is 2. The number of hydrogen-bond donors (Lipinski definition) is 1. The molecular weight excluding hydrogens is 300 g/mol. The fourth-order valence-electron chi connectivity index (χ4n) is 2.40. The molecule has 19 heavy (non-hydrogen) atoms. The van der Waals surface area contributed by atoms with Gasteiger partial charge in [0.25, 0.3) is 0 Å². The summed E-state index contributed by atoms with van der Waals surface area (Å²) in [4.78, 5) is 8.12. The molecule has 0 saturated carbocycles. The molecule has 1 aromatic heterocycles. The summed E-state index contributed by atoms with van der Waals surface area (Å²) in [7, 11) is 0. The topological polar surface area (TPSA) is 28.7 Å². The third-order valence-corrected chi connectivity index (χ3v) is 3.78. The minimum Gasteiger partial charge on any atom is -0.342 e. The number of aromatic amines is 1. The summed E-state index contributed by atoms with van der Waals surface area (Å²) in [5, 5.41) is 0. The summed E-state index contributed by atoms with van der Waals surface area (Å²) in [6, 6.07) is 12.7. The Morgan fingerprint density at radius 1 is 1.11 bits per heavy atom. The van der Waals surface area contributed by atoms with Gasteiger partial charge in [-0.15, -0.1) is 0 Å². The fourth-order valence-corrected chi connectivity index (χ4v) is 2.67. The van der Waals surface area contributed by atoms with Crippen LogP contribution in [0.5, 0.6) is 0 Å². The Morgan fingerprint density at radius 2 is 1.84 bits per heavy atom. The Kier molecular flexibility index (Phi) is 3.15. The second-order valence-electron chi connectivity index (χ2n) is 4.96. The third kappa shape index (κ3) is 2.56. The van der Waals surface area contributed by atoms with Crippen LogP contribution >= 0.6 is 15.9 Å². The van der Waals surface area contributed by atoms with Crippen molar-refractivity contribution in [2.45, 2.75) is 20.3 Å². The lowest BCUT2D eigenvalue weighted by Crippen LogP contribution is -1.90. The van der Waals surface area contributed by atoms with Crippen molar-refractivity contribution in [2.75, 3.05) is 0 Å². The van der Waals surface area contributed by atoms with Crippen LogP contribution in [0.3, 0.4) is 0 Å². The van der Waals surface area contributed by atoms with Crippen molar-refractivity contribution < 1.29 is 0 Å². The predicted molar refractivity (Wildman–Crippen MR) is 82.5 cm³/mol. The SMILES string of the molecule is Cc1cc(C)c2nc(Cc3ccc(Br)cc3)[nH]c2c1. The maximum Gasteiger partial charge on any atom is 0.111 e. The molecule has 2 aromatic carbocycles. The number of imidazole rings is 1. The molecule has 1 N–H and O–H groups in total. The number of nitrogens with zero attached hydrogens (tertiary/aromatic N) is 1. The van der Waals surface area contributed by atoms with Crippen LogP contribution in [0.15, 0.2) is 40.9 Å². The van der Waals surface area contributed by atoms with Gasteiger partial charge in [0.05, 0.1) is 11.0 Å². The van der Waals surface area contributed by atoms with Crippen molar-refractivity contribution in [3.63, 3.8) is 0 Å². The first-order valence-electron chi connectivity index (χ1n) is 6.32. The highest BCUT2D eigenvalue weighted by atomic mass is 79.9. The van der Waals surface area contributed by atoms with E-state index in [0.29, 0.717) is 0 Å². The van der Waals surface area contributed by atoms with Crippen LogP contribution in [0.4, 0.5) is 0 Å². The van der Waals surface area contributed by atoms with E-state index >= 15 is 0 Å². The summed E-state index contributed by atoms with van der Waals surface area (Å²) >= 11 is 3.45. The number of fused-ring (bicyclic) bond motifs is 1. The molecule has 3 heteroatoms.